The second-order valence-corrected chi connectivity index (χ2v) is 4.75. The summed E-state index contributed by atoms with van der Waals surface area (Å²) in [4.78, 5) is 26.8. The van der Waals surface area contributed by atoms with Crippen molar-refractivity contribution in [1.82, 2.24) is 9.80 Å². The Morgan fingerprint density at radius 2 is 2.22 bits per heavy atom. The second kappa shape index (κ2) is 4.72. The number of guanidine groups is 1. The highest BCUT2D eigenvalue weighted by atomic mass is 16.2. The van der Waals surface area contributed by atoms with Gasteiger partial charge in [-0.15, -0.1) is 5.10 Å². The summed E-state index contributed by atoms with van der Waals surface area (Å²) >= 11 is 0. The minimum absolute atomic E-state index is 0.126. The van der Waals surface area contributed by atoms with Gasteiger partial charge in [-0.1, -0.05) is 13.8 Å². The third-order valence-electron chi connectivity index (χ3n) is 2.83. The van der Waals surface area contributed by atoms with Gasteiger partial charge < -0.3 is 0 Å². The van der Waals surface area contributed by atoms with Gasteiger partial charge in [-0.3, -0.25) is 19.4 Å². The van der Waals surface area contributed by atoms with Crippen LogP contribution in [0.3, 0.4) is 0 Å². The third kappa shape index (κ3) is 2.05. The molecule has 1 atom stereocenters. The zero-order valence-corrected chi connectivity index (χ0v) is 10.7. The summed E-state index contributed by atoms with van der Waals surface area (Å²) < 4.78 is 0. The van der Waals surface area contributed by atoms with Crippen LogP contribution in [-0.4, -0.2) is 39.8 Å². The number of carbonyl (C=O) groups is 2. The molecule has 2 amide bonds. The van der Waals surface area contributed by atoms with Gasteiger partial charge in [0.1, 0.15) is 6.04 Å². The van der Waals surface area contributed by atoms with Crippen molar-refractivity contribution in [1.29, 1.82) is 0 Å². The molecule has 1 unspecified atom stereocenters. The van der Waals surface area contributed by atoms with E-state index in [1.807, 2.05) is 13.8 Å². The maximum absolute atomic E-state index is 12.3. The summed E-state index contributed by atoms with van der Waals surface area (Å²) in [5, 5.41) is 7.71. The minimum Gasteiger partial charge on any atom is -0.275 e. The Hall–Kier alpha value is -1.98. The van der Waals surface area contributed by atoms with E-state index in [1.165, 1.54) is 22.9 Å². The van der Waals surface area contributed by atoms with Crippen LogP contribution < -0.4 is 0 Å². The van der Waals surface area contributed by atoms with Crippen molar-refractivity contribution in [2.75, 3.05) is 0 Å². The molecule has 2 aliphatic rings. The van der Waals surface area contributed by atoms with Crippen molar-refractivity contribution in [3.63, 3.8) is 0 Å². The van der Waals surface area contributed by atoms with Crippen molar-refractivity contribution in [2.24, 2.45) is 16.1 Å². The van der Waals surface area contributed by atoms with Gasteiger partial charge in [0.15, 0.2) is 0 Å². The Morgan fingerprint density at radius 3 is 2.83 bits per heavy atom. The molecule has 0 aromatic carbocycles. The summed E-state index contributed by atoms with van der Waals surface area (Å²) in [6, 6.07) is -0.473. The third-order valence-corrected chi connectivity index (χ3v) is 2.83. The first-order valence-corrected chi connectivity index (χ1v) is 5.93. The summed E-state index contributed by atoms with van der Waals surface area (Å²) in [6.07, 6.45) is 5.32. The van der Waals surface area contributed by atoms with Gasteiger partial charge in [0.2, 0.25) is 11.9 Å². The van der Waals surface area contributed by atoms with Gasteiger partial charge in [0.25, 0.3) is 5.91 Å². The number of allylic oxidation sites excluding steroid dienone is 1. The quantitative estimate of drug-likeness (QED) is 0.730. The maximum Gasteiger partial charge on any atom is 0.256 e. The van der Waals surface area contributed by atoms with E-state index in [0.717, 1.165) is 0 Å². The minimum atomic E-state index is -0.473. The fraction of sp³-hybridized carbons (Fsp3) is 0.500. The molecule has 0 aromatic heterocycles. The van der Waals surface area contributed by atoms with Gasteiger partial charge in [-0.25, -0.2) is 0 Å². The topological polar surface area (TPSA) is 65.3 Å². The lowest BCUT2D eigenvalue weighted by atomic mass is 10.0. The Morgan fingerprint density at radius 1 is 1.50 bits per heavy atom. The second-order valence-electron chi connectivity index (χ2n) is 4.75. The van der Waals surface area contributed by atoms with Gasteiger partial charge in [0, 0.05) is 13.1 Å². The van der Waals surface area contributed by atoms with Gasteiger partial charge in [-0.2, -0.15) is 5.10 Å². The molecule has 0 spiro atoms. The van der Waals surface area contributed by atoms with E-state index in [2.05, 4.69) is 10.2 Å². The molecule has 6 nitrogen and oxygen atoms in total. The zero-order valence-electron chi connectivity index (χ0n) is 10.7. The zero-order chi connectivity index (χ0) is 13.3. The molecule has 1 fully saturated rings. The highest BCUT2D eigenvalue weighted by molar-refractivity contribution is 6.14. The fourth-order valence-corrected chi connectivity index (χ4v) is 2.12. The first-order chi connectivity index (χ1) is 8.52. The number of hydrogen-bond acceptors (Lipinski definition) is 4. The molecule has 0 aliphatic carbocycles. The van der Waals surface area contributed by atoms with E-state index in [9.17, 15) is 9.59 Å². The predicted octanol–water partition coefficient (Wildman–Crippen LogP) is 0.961. The molecule has 2 heterocycles. The molecule has 0 N–H and O–H groups in total. The SMILES string of the molecule is CC(=O)N1C2=NN=CC=CN2C(=O)C1CC(C)C. The smallest absolute Gasteiger partial charge is 0.256 e. The molecule has 1 saturated heterocycles. The summed E-state index contributed by atoms with van der Waals surface area (Å²) in [6.45, 7) is 5.47. The average molecular weight is 248 g/mol. The van der Waals surface area contributed by atoms with Gasteiger partial charge >= 0.3 is 0 Å². The van der Waals surface area contributed by atoms with Crippen LogP contribution in [0, 0.1) is 5.92 Å². The largest absolute Gasteiger partial charge is 0.275 e. The van der Waals surface area contributed by atoms with E-state index in [-0.39, 0.29) is 11.8 Å². The fourth-order valence-electron chi connectivity index (χ4n) is 2.12. The number of carbonyl (C=O) groups excluding carboxylic acids is 2. The van der Waals surface area contributed by atoms with Gasteiger partial charge in [0.05, 0.1) is 6.21 Å². The Labute approximate surface area is 106 Å². The lowest BCUT2D eigenvalue weighted by molar-refractivity contribution is -0.133. The van der Waals surface area contributed by atoms with Crippen LogP contribution in [0.1, 0.15) is 27.2 Å². The van der Waals surface area contributed by atoms with E-state index in [1.54, 1.807) is 12.3 Å². The summed E-state index contributed by atoms with van der Waals surface area (Å²) in [5.41, 5.74) is 0. The van der Waals surface area contributed by atoms with Crippen LogP contribution in [0.5, 0.6) is 0 Å². The van der Waals surface area contributed by atoms with E-state index in [4.69, 9.17) is 0 Å². The van der Waals surface area contributed by atoms with Crippen LogP contribution in [0.15, 0.2) is 22.5 Å². The van der Waals surface area contributed by atoms with E-state index >= 15 is 0 Å². The lowest BCUT2D eigenvalue weighted by Gasteiger charge is -2.21. The Kier molecular flexibility index (Phi) is 3.27. The molecule has 0 saturated carbocycles. The normalized spacial score (nSPS) is 22.3. The molecule has 0 radical (unpaired) electrons. The molecule has 18 heavy (non-hydrogen) atoms. The number of hydrogen-bond donors (Lipinski definition) is 0. The first kappa shape index (κ1) is 12.5. The summed E-state index contributed by atoms with van der Waals surface area (Å²) in [7, 11) is 0. The van der Waals surface area contributed by atoms with Crippen LogP contribution >= 0.6 is 0 Å². The Balaban J connectivity index is 2.40. The van der Waals surface area contributed by atoms with Crippen molar-refractivity contribution in [3.8, 4) is 0 Å². The van der Waals surface area contributed by atoms with Crippen LogP contribution in [-0.2, 0) is 9.59 Å². The van der Waals surface area contributed by atoms with Crippen molar-refractivity contribution >= 4 is 24.0 Å². The maximum atomic E-state index is 12.3. The molecular formula is C12H16N4O2. The van der Waals surface area contributed by atoms with Crippen LogP contribution in [0.25, 0.3) is 0 Å². The summed E-state index contributed by atoms with van der Waals surface area (Å²) in [5.74, 6) is 0.292. The molecule has 6 heteroatoms. The average Bonchev–Trinajstić information content (AvgIpc) is 2.47. The molecule has 2 aliphatic heterocycles. The van der Waals surface area contributed by atoms with E-state index < -0.39 is 6.04 Å². The van der Waals surface area contributed by atoms with Crippen molar-refractivity contribution < 1.29 is 9.59 Å². The number of rotatable bonds is 2. The van der Waals surface area contributed by atoms with Crippen LogP contribution in [0.2, 0.25) is 0 Å². The highest BCUT2D eigenvalue weighted by Gasteiger charge is 2.45. The first-order valence-electron chi connectivity index (χ1n) is 5.93. The molecule has 2 rings (SSSR count). The molecule has 0 bridgehead atoms. The molecule has 96 valence electrons. The Bertz CT molecular complexity index is 465. The van der Waals surface area contributed by atoms with Crippen molar-refractivity contribution in [2.45, 2.75) is 33.2 Å². The number of nitrogens with zero attached hydrogens (tertiary/aromatic N) is 4. The number of amides is 2. The molecular weight excluding hydrogens is 232 g/mol. The van der Waals surface area contributed by atoms with Gasteiger partial charge in [-0.05, 0) is 18.4 Å². The number of fused-ring (bicyclic) bond motifs is 1. The van der Waals surface area contributed by atoms with E-state index in [0.29, 0.717) is 18.3 Å². The van der Waals surface area contributed by atoms with Crippen LogP contribution in [0.4, 0.5) is 0 Å². The highest BCUT2D eigenvalue weighted by Crippen LogP contribution is 2.24. The standard InChI is InChI=1S/C12H16N4O2/c1-8(2)7-10-11(18)15-6-4-5-13-14-12(15)16(10)9(3)17/h4-6,8,10H,7H2,1-3H3. The lowest BCUT2D eigenvalue weighted by Crippen LogP contribution is -2.40. The monoisotopic (exact) mass is 248 g/mol. The van der Waals surface area contributed by atoms with Crippen molar-refractivity contribution in [3.05, 3.63) is 12.3 Å². The molecule has 0 aromatic rings. The predicted molar refractivity (Wildman–Crippen MR) is 67.7 cm³/mol.